The first kappa shape index (κ1) is 15.6. The Kier molecular flexibility index (Phi) is 6.61. The lowest BCUT2D eigenvalue weighted by Gasteiger charge is -2.22. The van der Waals surface area contributed by atoms with Crippen molar-refractivity contribution in [1.29, 1.82) is 0 Å². The fourth-order valence-electron chi connectivity index (χ4n) is 2.70. The van der Waals surface area contributed by atoms with Crippen LogP contribution in [0.15, 0.2) is 12.3 Å². The van der Waals surface area contributed by atoms with E-state index >= 15 is 0 Å². The van der Waals surface area contributed by atoms with Gasteiger partial charge in [0.25, 0.3) is 0 Å². The van der Waals surface area contributed by atoms with Gasteiger partial charge < -0.3 is 14.0 Å². The average Bonchev–Trinajstić information content (AvgIpc) is 2.89. The largest absolute Gasteiger partial charge is 0.353 e. The van der Waals surface area contributed by atoms with E-state index in [0.29, 0.717) is 0 Å². The molecule has 0 spiro atoms. The average molecular weight is 279 g/mol. The second kappa shape index (κ2) is 8.48. The number of hydrogen-bond donors (Lipinski definition) is 0. The molecule has 1 aliphatic heterocycles. The molecule has 3 heteroatoms. The third-order valence-electron chi connectivity index (χ3n) is 4.00. The molecule has 114 valence electrons. The van der Waals surface area contributed by atoms with Gasteiger partial charge in [-0.1, -0.05) is 20.3 Å². The van der Waals surface area contributed by atoms with Crippen LogP contribution in [0.5, 0.6) is 0 Å². The third-order valence-corrected chi connectivity index (χ3v) is 4.00. The van der Waals surface area contributed by atoms with E-state index in [9.17, 15) is 0 Å². The lowest BCUT2D eigenvalue weighted by atomic mass is 10.2. The molecule has 0 aromatic carbocycles. The first-order valence-electron chi connectivity index (χ1n) is 8.24. The molecule has 1 unspecified atom stereocenters. The molecule has 0 saturated carbocycles. The van der Waals surface area contributed by atoms with Gasteiger partial charge in [0.05, 0.1) is 6.61 Å². The highest BCUT2D eigenvalue weighted by atomic mass is 16.7. The molecule has 0 radical (unpaired) electrons. The van der Waals surface area contributed by atoms with Crippen molar-refractivity contribution in [1.82, 2.24) is 4.57 Å². The zero-order chi connectivity index (χ0) is 14.2. The maximum absolute atomic E-state index is 5.85. The number of nitrogens with zero attached hydrogens (tertiary/aromatic N) is 1. The van der Waals surface area contributed by atoms with Crippen LogP contribution in [0.25, 0.3) is 0 Å². The van der Waals surface area contributed by atoms with Crippen molar-refractivity contribution in [2.24, 2.45) is 0 Å². The number of aromatic nitrogens is 1. The molecule has 1 saturated heterocycles. The molecule has 2 rings (SSSR count). The van der Waals surface area contributed by atoms with Gasteiger partial charge in [0, 0.05) is 31.5 Å². The summed E-state index contributed by atoms with van der Waals surface area (Å²) < 4.78 is 13.9. The number of hydrogen-bond acceptors (Lipinski definition) is 2. The van der Waals surface area contributed by atoms with Gasteiger partial charge in [-0.3, -0.25) is 0 Å². The first-order chi connectivity index (χ1) is 9.83. The van der Waals surface area contributed by atoms with Gasteiger partial charge in [-0.25, -0.2) is 0 Å². The van der Waals surface area contributed by atoms with Gasteiger partial charge in [-0.05, 0) is 43.7 Å². The molecule has 0 aliphatic carbocycles. The van der Waals surface area contributed by atoms with Crippen LogP contribution in [0.3, 0.4) is 0 Å². The van der Waals surface area contributed by atoms with Crippen LogP contribution in [0, 0.1) is 0 Å². The predicted molar refractivity (Wildman–Crippen MR) is 82.0 cm³/mol. The zero-order valence-corrected chi connectivity index (χ0v) is 13.1. The molecule has 1 aliphatic rings. The van der Waals surface area contributed by atoms with Crippen LogP contribution < -0.4 is 0 Å². The van der Waals surface area contributed by atoms with Crippen LogP contribution in [-0.2, 0) is 28.9 Å². The fourth-order valence-corrected chi connectivity index (χ4v) is 2.70. The van der Waals surface area contributed by atoms with Gasteiger partial charge in [0.15, 0.2) is 6.29 Å². The summed E-state index contributed by atoms with van der Waals surface area (Å²) in [4.78, 5) is 0. The molecule has 3 nitrogen and oxygen atoms in total. The van der Waals surface area contributed by atoms with E-state index in [0.717, 1.165) is 39.0 Å². The van der Waals surface area contributed by atoms with E-state index < -0.39 is 0 Å². The van der Waals surface area contributed by atoms with Crippen molar-refractivity contribution in [2.75, 3.05) is 13.2 Å². The Hall–Kier alpha value is -0.800. The monoisotopic (exact) mass is 279 g/mol. The number of aryl methyl sites for hydroxylation is 2. The quantitative estimate of drug-likeness (QED) is 0.719. The standard InChI is InChI=1S/C17H29NO2/c1-3-5-10-18-14-15(4-2)13-16(18)9-12-20-17-8-6-7-11-19-17/h13-14,17H,3-12H2,1-2H3. The summed E-state index contributed by atoms with van der Waals surface area (Å²) in [5.41, 5.74) is 2.84. The van der Waals surface area contributed by atoms with Crippen LogP contribution in [0.2, 0.25) is 0 Å². The molecule has 2 heterocycles. The van der Waals surface area contributed by atoms with Gasteiger partial charge in [-0.15, -0.1) is 0 Å². The Labute approximate surface area is 123 Å². The van der Waals surface area contributed by atoms with Crippen molar-refractivity contribution < 1.29 is 9.47 Å². The molecule has 0 bridgehead atoms. The van der Waals surface area contributed by atoms with Crippen LogP contribution >= 0.6 is 0 Å². The highest BCUT2D eigenvalue weighted by molar-refractivity contribution is 5.19. The smallest absolute Gasteiger partial charge is 0.157 e. The molecular weight excluding hydrogens is 250 g/mol. The van der Waals surface area contributed by atoms with Crippen molar-refractivity contribution in [3.8, 4) is 0 Å². The minimum Gasteiger partial charge on any atom is -0.353 e. The Morgan fingerprint density at radius 3 is 2.95 bits per heavy atom. The number of unbranched alkanes of at least 4 members (excludes halogenated alkanes) is 1. The molecular formula is C17H29NO2. The van der Waals surface area contributed by atoms with Crippen molar-refractivity contribution >= 4 is 0 Å². The van der Waals surface area contributed by atoms with E-state index in [1.165, 1.54) is 36.9 Å². The zero-order valence-electron chi connectivity index (χ0n) is 13.1. The summed E-state index contributed by atoms with van der Waals surface area (Å²) in [7, 11) is 0. The van der Waals surface area contributed by atoms with Crippen LogP contribution in [0.4, 0.5) is 0 Å². The van der Waals surface area contributed by atoms with Crippen molar-refractivity contribution in [3.63, 3.8) is 0 Å². The second-order valence-electron chi connectivity index (χ2n) is 5.66. The summed E-state index contributed by atoms with van der Waals surface area (Å²) in [6.07, 6.45) is 10.4. The summed E-state index contributed by atoms with van der Waals surface area (Å²) in [6.45, 7) is 7.22. The minimum atomic E-state index is 0.0356. The molecule has 1 aromatic rings. The van der Waals surface area contributed by atoms with E-state index in [2.05, 4.69) is 30.7 Å². The Bertz CT molecular complexity index is 380. The van der Waals surface area contributed by atoms with Crippen molar-refractivity contribution in [2.45, 2.75) is 71.6 Å². The van der Waals surface area contributed by atoms with E-state index in [1.807, 2.05) is 0 Å². The highest BCUT2D eigenvalue weighted by Gasteiger charge is 2.14. The van der Waals surface area contributed by atoms with E-state index in [4.69, 9.17) is 9.47 Å². The second-order valence-corrected chi connectivity index (χ2v) is 5.66. The van der Waals surface area contributed by atoms with Gasteiger partial charge in [0.1, 0.15) is 0 Å². The number of rotatable bonds is 8. The van der Waals surface area contributed by atoms with Crippen molar-refractivity contribution in [3.05, 3.63) is 23.5 Å². The maximum Gasteiger partial charge on any atom is 0.157 e. The first-order valence-corrected chi connectivity index (χ1v) is 8.24. The Morgan fingerprint density at radius 1 is 1.35 bits per heavy atom. The maximum atomic E-state index is 5.85. The normalized spacial score (nSPS) is 19.4. The molecule has 0 N–H and O–H groups in total. The Morgan fingerprint density at radius 2 is 2.25 bits per heavy atom. The van der Waals surface area contributed by atoms with Crippen LogP contribution in [-0.4, -0.2) is 24.1 Å². The third kappa shape index (κ3) is 4.64. The van der Waals surface area contributed by atoms with Gasteiger partial charge in [0.2, 0.25) is 0 Å². The summed E-state index contributed by atoms with van der Waals surface area (Å²) in [5.74, 6) is 0. The topological polar surface area (TPSA) is 23.4 Å². The van der Waals surface area contributed by atoms with Crippen LogP contribution in [0.1, 0.15) is 57.2 Å². The lowest BCUT2D eigenvalue weighted by molar-refractivity contribution is -0.161. The molecule has 20 heavy (non-hydrogen) atoms. The van der Waals surface area contributed by atoms with Gasteiger partial charge in [-0.2, -0.15) is 0 Å². The fraction of sp³-hybridized carbons (Fsp3) is 0.765. The van der Waals surface area contributed by atoms with E-state index in [1.54, 1.807) is 0 Å². The molecule has 0 amide bonds. The summed E-state index contributed by atoms with van der Waals surface area (Å²) >= 11 is 0. The lowest BCUT2D eigenvalue weighted by Crippen LogP contribution is -2.23. The SMILES string of the molecule is CCCCn1cc(CC)cc1CCOC1CCCCO1. The molecule has 1 atom stereocenters. The highest BCUT2D eigenvalue weighted by Crippen LogP contribution is 2.16. The summed E-state index contributed by atoms with van der Waals surface area (Å²) in [5, 5.41) is 0. The predicted octanol–water partition coefficient (Wildman–Crippen LogP) is 3.94. The minimum absolute atomic E-state index is 0.0356. The number of ether oxygens (including phenoxy) is 2. The molecule has 1 aromatic heterocycles. The van der Waals surface area contributed by atoms with E-state index in [-0.39, 0.29) is 6.29 Å². The molecule has 1 fully saturated rings. The Balaban J connectivity index is 1.82. The van der Waals surface area contributed by atoms with Gasteiger partial charge >= 0.3 is 0 Å². The summed E-state index contributed by atoms with van der Waals surface area (Å²) in [6, 6.07) is 2.33.